The van der Waals surface area contributed by atoms with Gasteiger partial charge in [0, 0.05) is 12.5 Å². The van der Waals surface area contributed by atoms with E-state index in [-0.39, 0.29) is 4.92 Å². The van der Waals surface area contributed by atoms with Crippen LogP contribution in [0.25, 0.3) is 0 Å². The second-order valence-corrected chi connectivity index (χ2v) is 1.86. The van der Waals surface area contributed by atoms with Gasteiger partial charge >= 0.3 is 0 Å². The fraction of sp³-hybridized carbons (Fsp3) is 0.600. The molecule has 0 heterocycles. The maximum absolute atomic E-state index is 10.00. The Morgan fingerprint density at radius 3 is 1.75 bits per heavy atom. The second-order valence-electron chi connectivity index (χ2n) is 1.86. The molecule has 0 spiro atoms. The molecular formula is C5H10NO2+. The van der Waals surface area contributed by atoms with E-state index in [1.165, 1.54) is 0 Å². The quantitative estimate of drug-likeness (QED) is 0.527. The van der Waals surface area contributed by atoms with Gasteiger partial charge in [0.25, 0.3) is 10.6 Å². The summed E-state index contributed by atoms with van der Waals surface area (Å²) < 4.78 is 0. The van der Waals surface area contributed by atoms with Crippen molar-refractivity contribution in [2.24, 2.45) is 0 Å². The number of allylic oxidation sites excluding steroid dienone is 2. The first kappa shape index (κ1) is 7.14. The molecule has 0 aromatic heterocycles. The van der Waals surface area contributed by atoms with E-state index in [0.29, 0.717) is 5.70 Å². The highest BCUT2D eigenvalue weighted by Crippen LogP contribution is 1.99. The van der Waals surface area contributed by atoms with Crippen LogP contribution in [-0.2, 0) is 0 Å². The van der Waals surface area contributed by atoms with Gasteiger partial charge in [0.05, 0.1) is 4.91 Å². The summed E-state index contributed by atoms with van der Waals surface area (Å²) in [6.07, 6.45) is 0. The van der Waals surface area contributed by atoms with E-state index in [1.807, 2.05) is 0 Å². The third-order valence-electron chi connectivity index (χ3n) is 1.01. The van der Waals surface area contributed by atoms with Gasteiger partial charge in [-0.15, -0.1) is 0 Å². The zero-order valence-electron chi connectivity index (χ0n) is 5.30. The Kier molecular flexibility index (Phi) is 2.19. The lowest BCUT2D eigenvalue weighted by molar-refractivity contribution is -0.755. The highest BCUT2D eigenvalue weighted by Gasteiger charge is 2.09. The van der Waals surface area contributed by atoms with Gasteiger partial charge in [-0.1, -0.05) is 0 Å². The van der Waals surface area contributed by atoms with Crippen LogP contribution in [0.3, 0.4) is 0 Å². The lowest BCUT2D eigenvalue weighted by Crippen LogP contribution is -1.98. The van der Waals surface area contributed by atoms with Crippen LogP contribution >= 0.6 is 0 Å². The minimum absolute atomic E-state index is 0.130. The fourth-order valence-corrected chi connectivity index (χ4v) is 0.191. The molecule has 0 bridgehead atoms. The van der Waals surface area contributed by atoms with Crippen molar-refractivity contribution in [2.75, 3.05) is 0 Å². The Morgan fingerprint density at radius 2 is 1.75 bits per heavy atom. The average Bonchev–Trinajstić information content (AvgIpc) is 1.64. The van der Waals surface area contributed by atoms with Crippen molar-refractivity contribution in [2.45, 2.75) is 20.8 Å². The number of hydrogen-bond acceptors (Lipinski definition) is 1. The van der Waals surface area contributed by atoms with Crippen LogP contribution < -0.4 is 0 Å². The standard InChI is InChI=1S/C5H10NO2/c1-4(2)5(3)6(7)8/h1-3H3,(H,7,8)/q+1. The fourth-order valence-electron chi connectivity index (χ4n) is 0.191. The van der Waals surface area contributed by atoms with Crippen LogP contribution in [0.4, 0.5) is 0 Å². The van der Waals surface area contributed by atoms with Crippen molar-refractivity contribution >= 4 is 0 Å². The molecule has 0 amide bonds. The van der Waals surface area contributed by atoms with Gasteiger partial charge in [-0.25, -0.2) is 5.21 Å². The summed E-state index contributed by atoms with van der Waals surface area (Å²) in [5.41, 5.74) is 1.17. The van der Waals surface area contributed by atoms with Crippen molar-refractivity contribution in [1.82, 2.24) is 0 Å². The molecule has 0 saturated carbocycles. The summed E-state index contributed by atoms with van der Waals surface area (Å²) in [4.78, 5) is 9.87. The van der Waals surface area contributed by atoms with Gasteiger partial charge in [-0.05, 0) is 13.8 Å². The Hall–Kier alpha value is -0.860. The molecule has 0 radical (unpaired) electrons. The summed E-state index contributed by atoms with van der Waals surface area (Å²) in [6.45, 7) is 5.08. The third kappa shape index (κ3) is 1.73. The molecule has 3 heteroatoms. The highest BCUT2D eigenvalue weighted by atomic mass is 16.6. The third-order valence-corrected chi connectivity index (χ3v) is 1.01. The molecule has 8 heavy (non-hydrogen) atoms. The van der Waals surface area contributed by atoms with Crippen LogP contribution in [0.1, 0.15) is 20.8 Å². The molecule has 0 aliphatic rings. The summed E-state index contributed by atoms with van der Waals surface area (Å²) in [5, 5.41) is 8.21. The lowest BCUT2D eigenvalue weighted by Gasteiger charge is -1.82. The molecule has 0 aliphatic carbocycles. The molecule has 0 saturated heterocycles. The molecule has 1 N–H and O–H groups in total. The molecule has 46 valence electrons. The van der Waals surface area contributed by atoms with Gasteiger partial charge in [-0.2, -0.15) is 0 Å². The normalized spacial score (nSPS) is 8.38. The molecule has 0 atom stereocenters. The van der Waals surface area contributed by atoms with E-state index in [0.717, 1.165) is 5.57 Å². The largest absolute Gasteiger partial charge is 0.288 e. The number of nitrogens with zero attached hydrogens (tertiary/aromatic N) is 1. The molecule has 0 aromatic rings. The number of rotatable bonds is 1. The van der Waals surface area contributed by atoms with Crippen molar-refractivity contribution in [3.05, 3.63) is 16.2 Å². The van der Waals surface area contributed by atoms with E-state index >= 15 is 0 Å². The van der Waals surface area contributed by atoms with Crippen LogP contribution in [0, 0.1) is 4.91 Å². The van der Waals surface area contributed by atoms with E-state index < -0.39 is 0 Å². The molecule has 0 aliphatic heterocycles. The zero-order chi connectivity index (χ0) is 6.73. The Balaban J connectivity index is 4.23. The molecule has 0 rings (SSSR count). The first-order chi connectivity index (χ1) is 3.55. The molecule has 3 nitrogen and oxygen atoms in total. The van der Waals surface area contributed by atoms with Gasteiger partial charge in [0.15, 0.2) is 0 Å². The van der Waals surface area contributed by atoms with Crippen molar-refractivity contribution < 1.29 is 10.1 Å². The average molecular weight is 116 g/mol. The van der Waals surface area contributed by atoms with Gasteiger partial charge in [0.2, 0.25) is 0 Å². The first-order valence-electron chi connectivity index (χ1n) is 2.36. The van der Waals surface area contributed by atoms with Crippen molar-refractivity contribution in [3.63, 3.8) is 0 Å². The first-order valence-corrected chi connectivity index (χ1v) is 2.36. The van der Waals surface area contributed by atoms with Gasteiger partial charge in [0.1, 0.15) is 0 Å². The Labute approximate surface area is 48.2 Å². The van der Waals surface area contributed by atoms with E-state index in [4.69, 9.17) is 5.21 Å². The Bertz CT molecular complexity index is 133. The topological polar surface area (TPSA) is 40.3 Å². The Morgan fingerprint density at radius 1 is 1.38 bits per heavy atom. The van der Waals surface area contributed by atoms with Crippen LogP contribution in [0.5, 0.6) is 0 Å². The minimum Gasteiger partial charge on any atom is -0.241 e. The molecule has 0 aromatic carbocycles. The van der Waals surface area contributed by atoms with Gasteiger partial charge in [-0.3, -0.25) is 0 Å². The van der Waals surface area contributed by atoms with Crippen LogP contribution in [0.2, 0.25) is 0 Å². The summed E-state index contributed by atoms with van der Waals surface area (Å²) >= 11 is 0. The van der Waals surface area contributed by atoms with Crippen molar-refractivity contribution in [3.8, 4) is 0 Å². The maximum atomic E-state index is 10.00. The predicted octanol–water partition coefficient (Wildman–Crippen LogP) is 1.47. The minimum atomic E-state index is -0.130. The zero-order valence-corrected chi connectivity index (χ0v) is 5.30. The maximum Gasteiger partial charge on any atom is 0.288 e. The van der Waals surface area contributed by atoms with E-state index in [9.17, 15) is 4.91 Å². The smallest absolute Gasteiger partial charge is 0.241 e. The van der Waals surface area contributed by atoms with Crippen LogP contribution in [0.15, 0.2) is 11.3 Å². The summed E-state index contributed by atoms with van der Waals surface area (Å²) in [6, 6.07) is 0. The summed E-state index contributed by atoms with van der Waals surface area (Å²) in [7, 11) is 0. The van der Waals surface area contributed by atoms with E-state index in [2.05, 4.69) is 0 Å². The predicted molar refractivity (Wildman–Crippen MR) is 29.5 cm³/mol. The lowest BCUT2D eigenvalue weighted by atomic mass is 10.3. The monoisotopic (exact) mass is 116 g/mol. The van der Waals surface area contributed by atoms with E-state index in [1.54, 1.807) is 20.8 Å². The molecule has 0 unspecified atom stereocenters. The molecule has 0 fully saturated rings. The highest BCUT2D eigenvalue weighted by molar-refractivity contribution is 4.96. The second kappa shape index (κ2) is 2.45. The van der Waals surface area contributed by atoms with Gasteiger partial charge < -0.3 is 0 Å². The SMILES string of the molecule is CC(C)=C(C)[N+](=O)O. The summed E-state index contributed by atoms with van der Waals surface area (Å²) in [5.74, 6) is 0. The van der Waals surface area contributed by atoms with Crippen molar-refractivity contribution in [1.29, 1.82) is 0 Å². The number of hydrogen-bond donors (Lipinski definition) is 1. The van der Waals surface area contributed by atoms with Crippen LogP contribution in [-0.4, -0.2) is 10.1 Å². The molecular weight excluding hydrogens is 106 g/mol.